The third-order valence-electron chi connectivity index (χ3n) is 6.00. The second-order valence-electron chi connectivity index (χ2n) is 8.39. The van der Waals surface area contributed by atoms with Gasteiger partial charge in [-0.3, -0.25) is 18.9 Å². The summed E-state index contributed by atoms with van der Waals surface area (Å²) in [7, 11) is 1.63. The third kappa shape index (κ3) is 4.89. The molecular formula is C23H28N4O3S2. The smallest absolute Gasteiger partial charge is 0.267 e. The van der Waals surface area contributed by atoms with Crippen LogP contribution >= 0.6 is 24.0 Å². The summed E-state index contributed by atoms with van der Waals surface area (Å²) in [6.45, 7) is 3.33. The van der Waals surface area contributed by atoms with Gasteiger partial charge in [-0.05, 0) is 56.2 Å². The number of ether oxygens (including phenoxy) is 1. The number of anilines is 1. The predicted octanol–water partition coefficient (Wildman–Crippen LogP) is 3.92. The van der Waals surface area contributed by atoms with E-state index in [0.29, 0.717) is 45.8 Å². The molecule has 7 nitrogen and oxygen atoms in total. The van der Waals surface area contributed by atoms with Crippen LogP contribution in [0.5, 0.6) is 0 Å². The highest BCUT2D eigenvalue weighted by Gasteiger charge is 2.32. The van der Waals surface area contributed by atoms with Crippen LogP contribution in [0.1, 0.15) is 44.6 Å². The van der Waals surface area contributed by atoms with Crippen LogP contribution in [0.15, 0.2) is 34.1 Å². The summed E-state index contributed by atoms with van der Waals surface area (Å²) in [5.74, 6) is 1.08. The van der Waals surface area contributed by atoms with E-state index >= 15 is 0 Å². The van der Waals surface area contributed by atoms with E-state index in [1.165, 1.54) is 16.2 Å². The number of methoxy groups -OCH3 is 1. The molecule has 1 aliphatic heterocycles. The van der Waals surface area contributed by atoms with Crippen molar-refractivity contribution >= 4 is 51.7 Å². The van der Waals surface area contributed by atoms with Gasteiger partial charge in [0.25, 0.3) is 11.5 Å². The molecule has 1 saturated carbocycles. The summed E-state index contributed by atoms with van der Waals surface area (Å²) in [6, 6.07) is 5.73. The van der Waals surface area contributed by atoms with E-state index in [4.69, 9.17) is 21.9 Å². The Hall–Kier alpha value is -2.23. The Labute approximate surface area is 197 Å². The highest BCUT2D eigenvalue weighted by Crippen LogP contribution is 2.33. The number of hydrogen-bond acceptors (Lipinski definition) is 7. The Morgan fingerprint density at radius 1 is 1.28 bits per heavy atom. The van der Waals surface area contributed by atoms with Crippen LogP contribution in [0.2, 0.25) is 0 Å². The molecule has 0 bridgehead atoms. The molecule has 1 saturated heterocycles. The van der Waals surface area contributed by atoms with Gasteiger partial charge in [-0.25, -0.2) is 4.98 Å². The maximum atomic E-state index is 13.4. The number of nitrogens with zero attached hydrogens (tertiary/aromatic N) is 3. The molecule has 0 radical (unpaired) electrons. The fourth-order valence-electron chi connectivity index (χ4n) is 4.13. The minimum absolute atomic E-state index is 0.175. The van der Waals surface area contributed by atoms with E-state index in [1.807, 2.05) is 12.1 Å². The molecule has 0 spiro atoms. The number of thiocarbonyl (C=S) groups is 1. The molecule has 1 aliphatic carbocycles. The molecule has 4 rings (SSSR count). The molecule has 170 valence electrons. The van der Waals surface area contributed by atoms with Gasteiger partial charge in [-0.1, -0.05) is 37.0 Å². The van der Waals surface area contributed by atoms with Crippen LogP contribution in [0.3, 0.4) is 0 Å². The molecule has 2 aromatic rings. The number of nitrogens with one attached hydrogen (secondary N) is 1. The zero-order valence-electron chi connectivity index (χ0n) is 18.4. The quantitative estimate of drug-likeness (QED) is 0.372. The van der Waals surface area contributed by atoms with Gasteiger partial charge in [0.05, 0.1) is 10.5 Å². The number of carbonyl (C=O) groups is 1. The Bertz CT molecular complexity index is 1110. The van der Waals surface area contributed by atoms with Crippen molar-refractivity contribution in [2.45, 2.75) is 45.1 Å². The average Bonchev–Trinajstić information content (AvgIpc) is 3.05. The van der Waals surface area contributed by atoms with E-state index in [0.717, 1.165) is 31.6 Å². The first-order valence-electron chi connectivity index (χ1n) is 11.0. The third-order valence-corrected chi connectivity index (χ3v) is 7.38. The standard InChI is InChI=1S/C23H28N4O3S2/c1-15-7-9-16(10-8-15)24-20-17(21(28)26-11-4-3-6-19(26)25-20)14-18-22(29)27(23(31)32-18)12-5-13-30-2/h3-4,6,11,14-16,24H,5,7-10,12-13H2,1-2H3. The molecule has 32 heavy (non-hydrogen) atoms. The Morgan fingerprint density at radius 2 is 2.06 bits per heavy atom. The number of aromatic nitrogens is 2. The zero-order chi connectivity index (χ0) is 22.7. The minimum atomic E-state index is -0.202. The highest BCUT2D eigenvalue weighted by molar-refractivity contribution is 8.26. The van der Waals surface area contributed by atoms with Crippen molar-refractivity contribution < 1.29 is 9.53 Å². The summed E-state index contributed by atoms with van der Waals surface area (Å²) in [5, 5.41) is 3.50. The summed E-state index contributed by atoms with van der Waals surface area (Å²) < 4.78 is 7.10. The Kier molecular flexibility index (Phi) is 7.27. The van der Waals surface area contributed by atoms with E-state index in [1.54, 1.807) is 30.3 Å². The monoisotopic (exact) mass is 472 g/mol. The predicted molar refractivity (Wildman–Crippen MR) is 133 cm³/mol. The number of hydrogen-bond donors (Lipinski definition) is 1. The molecule has 0 atom stereocenters. The average molecular weight is 473 g/mol. The maximum absolute atomic E-state index is 13.4. The van der Waals surface area contributed by atoms with E-state index in [-0.39, 0.29) is 17.5 Å². The second kappa shape index (κ2) is 10.1. The number of amides is 1. The highest BCUT2D eigenvalue weighted by atomic mass is 32.2. The molecule has 3 heterocycles. The summed E-state index contributed by atoms with van der Waals surface area (Å²) in [4.78, 5) is 33.1. The molecular weight excluding hydrogens is 444 g/mol. The van der Waals surface area contributed by atoms with Crippen LogP contribution in [0, 0.1) is 5.92 Å². The first-order valence-corrected chi connectivity index (χ1v) is 12.2. The summed E-state index contributed by atoms with van der Waals surface area (Å²) in [5.41, 5.74) is 0.769. The van der Waals surface area contributed by atoms with Gasteiger partial charge < -0.3 is 10.1 Å². The van der Waals surface area contributed by atoms with Gasteiger partial charge >= 0.3 is 0 Å². The molecule has 1 amide bonds. The van der Waals surface area contributed by atoms with Crippen LogP contribution in [0.25, 0.3) is 11.7 Å². The number of pyridine rings is 1. The van der Waals surface area contributed by atoms with Crippen molar-refractivity contribution in [3.8, 4) is 0 Å². The molecule has 2 fully saturated rings. The van der Waals surface area contributed by atoms with E-state index < -0.39 is 0 Å². The number of rotatable bonds is 7. The van der Waals surface area contributed by atoms with Crippen molar-refractivity contribution in [3.05, 3.63) is 45.2 Å². The maximum Gasteiger partial charge on any atom is 0.267 e. The lowest BCUT2D eigenvalue weighted by Gasteiger charge is -2.27. The van der Waals surface area contributed by atoms with Crippen LogP contribution in [0.4, 0.5) is 5.82 Å². The zero-order valence-corrected chi connectivity index (χ0v) is 20.0. The van der Waals surface area contributed by atoms with Crippen LogP contribution < -0.4 is 10.9 Å². The van der Waals surface area contributed by atoms with Crippen molar-refractivity contribution in [3.63, 3.8) is 0 Å². The number of fused-ring (bicyclic) bond motifs is 1. The van der Waals surface area contributed by atoms with Crippen molar-refractivity contribution in [1.29, 1.82) is 0 Å². The SMILES string of the molecule is COCCCN1C(=O)C(=Cc2c(NC3CCC(C)CC3)nc3ccccn3c2=O)SC1=S. The van der Waals surface area contributed by atoms with Crippen LogP contribution in [-0.4, -0.2) is 50.8 Å². The largest absolute Gasteiger partial charge is 0.385 e. The van der Waals surface area contributed by atoms with Crippen molar-refractivity contribution in [2.75, 3.05) is 25.6 Å². The summed E-state index contributed by atoms with van der Waals surface area (Å²) in [6.07, 6.45) is 8.43. The van der Waals surface area contributed by atoms with Gasteiger partial charge in [0.15, 0.2) is 0 Å². The Morgan fingerprint density at radius 3 is 2.81 bits per heavy atom. The summed E-state index contributed by atoms with van der Waals surface area (Å²) >= 11 is 6.65. The molecule has 0 unspecified atom stereocenters. The first-order chi connectivity index (χ1) is 15.5. The lowest BCUT2D eigenvalue weighted by molar-refractivity contribution is -0.122. The van der Waals surface area contributed by atoms with Crippen LogP contribution in [-0.2, 0) is 9.53 Å². The molecule has 2 aromatic heterocycles. The molecule has 9 heteroatoms. The molecule has 1 N–H and O–H groups in total. The van der Waals surface area contributed by atoms with E-state index in [9.17, 15) is 9.59 Å². The minimum Gasteiger partial charge on any atom is -0.385 e. The Balaban J connectivity index is 1.69. The fraction of sp³-hybridized carbons (Fsp3) is 0.478. The van der Waals surface area contributed by atoms with Crippen molar-refractivity contribution in [1.82, 2.24) is 14.3 Å². The van der Waals surface area contributed by atoms with Gasteiger partial charge in [0, 0.05) is 32.5 Å². The molecule has 2 aliphatic rings. The lowest BCUT2D eigenvalue weighted by atomic mass is 9.87. The number of thioether (sulfide) groups is 1. The molecule has 0 aromatic carbocycles. The number of carbonyl (C=O) groups excluding carboxylic acids is 1. The van der Waals surface area contributed by atoms with Gasteiger partial charge in [0.2, 0.25) is 0 Å². The normalized spacial score (nSPS) is 22.8. The van der Waals surface area contributed by atoms with Gasteiger partial charge in [-0.15, -0.1) is 0 Å². The topological polar surface area (TPSA) is 75.9 Å². The van der Waals surface area contributed by atoms with Gasteiger partial charge in [-0.2, -0.15) is 0 Å². The lowest BCUT2D eigenvalue weighted by Crippen LogP contribution is -2.30. The van der Waals surface area contributed by atoms with Crippen molar-refractivity contribution in [2.24, 2.45) is 5.92 Å². The van der Waals surface area contributed by atoms with Gasteiger partial charge in [0.1, 0.15) is 15.8 Å². The van der Waals surface area contributed by atoms with E-state index in [2.05, 4.69) is 12.2 Å². The fourth-order valence-corrected chi connectivity index (χ4v) is 5.42. The second-order valence-corrected chi connectivity index (χ2v) is 10.1. The first kappa shape index (κ1) is 22.9.